The Bertz CT molecular complexity index is 230. The highest BCUT2D eigenvalue weighted by Crippen LogP contribution is 2.13. The van der Waals surface area contributed by atoms with Gasteiger partial charge in [-0.25, -0.2) is 4.84 Å². The number of nitrogens with zero attached hydrogens (tertiary/aromatic N) is 1. The van der Waals surface area contributed by atoms with Crippen LogP contribution in [0.15, 0.2) is 12.7 Å². The lowest BCUT2D eigenvalue weighted by molar-refractivity contribution is -1.09. The number of hydrogen-bond acceptors (Lipinski definition) is 1. The van der Waals surface area contributed by atoms with Gasteiger partial charge >= 0.3 is 0 Å². The SMILES string of the molecule is C=CC[N+](C)(CCCCCCCCCCCCC)OCC. The molecule has 126 valence electrons. The first kappa shape index (κ1) is 20.7. The van der Waals surface area contributed by atoms with E-state index >= 15 is 0 Å². The Kier molecular flexibility index (Phi) is 14.4. The number of rotatable bonds is 16. The molecule has 0 saturated heterocycles. The van der Waals surface area contributed by atoms with E-state index < -0.39 is 0 Å². The first-order valence-corrected chi connectivity index (χ1v) is 9.28. The van der Waals surface area contributed by atoms with Gasteiger partial charge in [0.05, 0.1) is 7.05 Å². The van der Waals surface area contributed by atoms with Crippen LogP contribution in [0.1, 0.15) is 84.5 Å². The Morgan fingerprint density at radius 1 is 0.810 bits per heavy atom. The standard InChI is InChI=1S/C19H40NO/c1-5-8-9-10-11-12-13-14-15-16-17-19-20(4,18-6-2)21-7-3/h6H,2,5,7-19H2,1,3-4H3/q+1. The summed E-state index contributed by atoms with van der Waals surface area (Å²) < 4.78 is 0.692. The largest absolute Gasteiger partial charge is 0.203 e. The van der Waals surface area contributed by atoms with Gasteiger partial charge in [0.2, 0.25) is 0 Å². The topological polar surface area (TPSA) is 9.23 Å². The average molecular weight is 299 g/mol. The van der Waals surface area contributed by atoms with Crippen LogP contribution in [0.3, 0.4) is 0 Å². The van der Waals surface area contributed by atoms with E-state index in [1.54, 1.807) is 0 Å². The summed E-state index contributed by atoms with van der Waals surface area (Å²) in [7, 11) is 2.17. The van der Waals surface area contributed by atoms with Crippen molar-refractivity contribution in [3.8, 4) is 0 Å². The highest BCUT2D eigenvalue weighted by molar-refractivity contribution is 4.63. The summed E-state index contributed by atoms with van der Waals surface area (Å²) in [5, 5.41) is 0. The zero-order valence-electron chi connectivity index (χ0n) is 15.0. The van der Waals surface area contributed by atoms with Crippen molar-refractivity contribution in [2.45, 2.75) is 84.5 Å². The van der Waals surface area contributed by atoms with Gasteiger partial charge in [0.25, 0.3) is 0 Å². The van der Waals surface area contributed by atoms with Crippen molar-refractivity contribution >= 4 is 0 Å². The molecule has 0 saturated carbocycles. The van der Waals surface area contributed by atoms with Gasteiger partial charge in [-0.1, -0.05) is 71.3 Å². The normalized spacial score (nSPS) is 14.0. The Morgan fingerprint density at radius 2 is 1.29 bits per heavy atom. The molecule has 0 N–H and O–H groups in total. The number of quaternary nitrogens is 1. The third kappa shape index (κ3) is 13.1. The van der Waals surface area contributed by atoms with E-state index in [1.807, 2.05) is 6.08 Å². The van der Waals surface area contributed by atoms with Crippen LogP contribution in [-0.4, -0.2) is 31.4 Å². The van der Waals surface area contributed by atoms with Crippen LogP contribution < -0.4 is 0 Å². The van der Waals surface area contributed by atoms with Crippen LogP contribution in [0.2, 0.25) is 0 Å². The molecule has 0 aromatic rings. The lowest BCUT2D eigenvalue weighted by Crippen LogP contribution is -2.44. The minimum atomic E-state index is 0.692. The van der Waals surface area contributed by atoms with Crippen molar-refractivity contribution in [2.24, 2.45) is 0 Å². The van der Waals surface area contributed by atoms with E-state index in [-0.39, 0.29) is 0 Å². The predicted molar refractivity (Wildman–Crippen MR) is 94.2 cm³/mol. The second-order valence-corrected chi connectivity index (χ2v) is 6.45. The molecule has 0 aliphatic heterocycles. The van der Waals surface area contributed by atoms with Gasteiger partial charge in [-0.2, -0.15) is 4.65 Å². The summed E-state index contributed by atoms with van der Waals surface area (Å²) in [5.74, 6) is 0. The smallest absolute Gasteiger partial charge is 0.127 e. The summed E-state index contributed by atoms with van der Waals surface area (Å²) in [6.45, 7) is 11.0. The van der Waals surface area contributed by atoms with Crippen molar-refractivity contribution in [1.82, 2.24) is 0 Å². The summed E-state index contributed by atoms with van der Waals surface area (Å²) in [6, 6.07) is 0. The molecule has 0 aromatic carbocycles. The molecule has 1 unspecified atom stereocenters. The molecule has 0 rings (SSSR count). The molecule has 0 aliphatic rings. The Labute approximate surface area is 134 Å². The third-order valence-electron chi connectivity index (χ3n) is 4.19. The summed E-state index contributed by atoms with van der Waals surface area (Å²) in [4.78, 5) is 5.83. The highest BCUT2D eigenvalue weighted by atomic mass is 16.7. The second-order valence-electron chi connectivity index (χ2n) is 6.45. The Hall–Kier alpha value is -0.340. The van der Waals surface area contributed by atoms with Crippen molar-refractivity contribution in [1.29, 1.82) is 0 Å². The molecule has 1 atom stereocenters. The van der Waals surface area contributed by atoms with Crippen molar-refractivity contribution in [2.75, 3.05) is 26.7 Å². The molecular weight excluding hydrogens is 258 g/mol. The summed E-state index contributed by atoms with van der Waals surface area (Å²) >= 11 is 0. The fraction of sp³-hybridized carbons (Fsp3) is 0.895. The number of likely N-dealkylation sites (N-methyl/N-ethyl adjacent to an activating group) is 1. The molecule has 0 spiro atoms. The van der Waals surface area contributed by atoms with Crippen LogP contribution >= 0.6 is 0 Å². The van der Waals surface area contributed by atoms with Crippen molar-refractivity contribution < 1.29 is 9.48 Å². The quantitative estimate of drug-likeness (QED) is 0.150. The zero-order chi connectivity index (χ0) is 15.8. The minimum absolute atomic E-state index is 0.692. The minimum Gasteiger partial charge on any atom is -0.203 e. The maximum atomic E-state index is 5.83. The molecule has 0 fully saturated rings. The molecule has 2 heteroatoms. The molecule has 0 aliphatic carbocycles. The van der Waals surface area contributed by atoms with E-state index in [9.17, 15) is 0 Å². The van der Waals surface area contributed by atoms with E-state index in [4.69, 9.17) is 4.84 Å². The average Bonchev–Trinajstić information content (AvgIpc) is 2.45. The molecule has 21 heavy (non-hydrogen) atoms. The lowest BCUT2D eigenvalue weighted by atomic mass is 10.1. The van der Waals surface area contributed by atoms with Crippen molar-refractivity contribution in [3.05, 3.63) is 12.7 Å². The molecule has 0 aromatic heterocycles. The van der Waals surface area contributed by atoms with Gasteiger partial charge in [-0.3, -0.25) is 0 Å². The fourth-order valence-electron chi connectivity index (χ4n) is 2.90. The van der Waals surface area contributed by atoms with Gasteiger partial charge in [0.1, 0.15) is 19.7 Å². The van der Waals surface area contributed by atoms with Crippen LogP contribution in [-0.2, 0) is 4.84 Å². The lowest BCUT2D eigenvalue weighted by Gasteiger charge is -2.30. The predicted octanol–water partition coefficient (Wildman–Crippen LogP) is 5.88. The maximum Gasteiger partial charge on any atom is 0.127 e. The van der Waals surface area contributed by atoms with E-state index in [2.05, 4.69) is 27.5 Å². The Morgan fingerprint density at radius 3 is 1.71 bits per heavy atom. The number of unbranched alkanes of at least 4 members (excludes halogenated alkanes) is 10. The Balaban J connectivity index is 3.39. The monoisotopic (exact) mass is 298 g/mol. The molecule has 0 heterocycles. The maximum absolute atomic E-state index is 5.83. The fourth-order valence-corrected chi connectivity index (χ4v) is 2.90. The number of hydroxylamine groups is 3. The van der Waals surface area contributed by atoms with Gasteiger partial charge in [0, 0.05) is 0 Å². The zero-order valence-corrected chi connectivity index (χ0v) is 15.0. The third-order valence-corrected chi connectivity index (χ3v) is 4.19. The van der Waals surface area contributed by atoms with Crippen LogP contribution in [0, 0.1) is 0 Å². The number of hydrogen-bond donors (Lipinski definition) is 0. The first-order valence-electron chi connectivity index (χ1n) is 9.28. The van der Waals surface area contributed by atoms with E-state index in [0.29, 0.717) is 4.65 Å². The van der Waals surface area contributed by atoms with Crippen LogP contribution in [0.25, 0.3) is 0 Å². The first-order chi connectivity index (χ1) is 10.2. The molecule has 2 nitrogen and oxygen atoms in total. The van der Waals surface area contributed by atoms with E-state index in [0.717, 1.165) is 19.7 Å². The molecule has 0 radical (unpaired) electrons. The van der Waals surface area contributed by atoms with E-state index in [1.165, 1.54) is 70.6 Å². The van der Waals surface area contributed by atoms with Gasteiger partial charge in [0.15, 0.2) is 0 Å². The molecule has 0 amide bonds. The second kappa shape index (κ2) is 14.6. The van der Waals surface area contributed by atoms with Crippen molar-refractivity contribution in [3.63, 3.8) is 0 Å². The van der Waals surface area contributed by atoms with Gasteiger partial charge in [-0.05, 0) is 25.8 Å². The van der Waals surface area contributed by atoms with Crippen LogP contribution in [0.4, 0.5) is 0 Å². The molecular formula is C19H40NO+. The van der Waals surface area contributed by atoms with Gasteiger partial charge in [-0.15, -0.1) is 0 Å². The molecule has 0 bridgehead atoms. The van der Waals surface area contributed by atoms with Crippen LogP contribution in [0.5, 0.6) is 0 Å². The summed E-state index contributed by atoms with van der Waals surface area (Å²) in [5.41, 5.74) is 0. The summed E-state index contributed by atoms with van der Waals surface area (Å²) in [6.07, 6.45) is 17.3. The van der Waals surface area contributed by atoms with Gasteiger partial charge < -0.3 is 0 Å². The highest BCUT2D eigenvalue weighted by Gasteiger charge is 2.20.